The quantitative estimate of drug-likeness (QED) is 0.388. The zero-order chi connectivity index (χ0) is 12.7. The van der Waals surface area contributed by atoms with Crippen molar-refractivity contribution in [2.75, 3.05) is 33.4 Å². The van der Waals surface area contributed by atoms with Gasteiger partial charge in [0, 0.05) is 18.5 Å². The Balaban J connectivity index is 0.000000321. The van der Waals surface area contributed by atoms with E-state index in [4.69, 9.17) is 9.84 Å². The van der Waals surface area contributed by atoms with Crippen molar-refractivity contribution in [1.29, 1.82) is 0 Å². The number of carbonyl (C=O) groups excluding carboxylic acids is 1. The number of amides is 1. The predicted molar refractivity (Wildman–Crippen MR) is 64.6 cm³/mol. The molecular weight excluding hydrogens is 501 g/mol. The van der Waals surface area contributed by atoms with Gasteiger partial charge >= 0.3 is 5.97 Å². The van der Waals surface area contributed by atoms with Gasteiger partial charge in [0.15, 0.2) is 0 Å². The molecule has 0 saturated carbocycles. The van der Waals surface area contributed by atoms with E-state index in [1.807, 2.05) is 0 Å². The molecule has 0 aliphatic carbocycles. The molecule has 2 N–H and O–H groups in total. The van der Waals surface area contributed by atoms with E-state index in [2.05, 4.69) is 17.3 Å². The number of carbonyl (C=O) groups is 1. The topological polar surface area (TPSA) is 78.9 Å². The van der Waals surface area contributed by atoms with Crippen LogP contribution in [-0.2, 0) is 14.3 Å². The van der Waals surface area contributed by atoms with Gasteiger partial charge in [0.1, 0.15) is 5.25 Å². The SMILES string of the molecule is CN1CCOCC1.O=[C-]NC1CC(C(=O)O)S1.[Fm]. The van der Waals surface area contributed by atoms with E-state index in [9.17, 15) is 9.59 Å². The average molecular weight is 518 g/mol. The number of carboxylic acids is 1. The molecule has 110 valence electrons. The summed E-state index contributed by atoms with van der Waals surface area (Å²) in [4.78, 5) is 22.1. The summed E-state index contributed by atoms with van der Waals surface area (Å²) in [5, 5.41) is 10.3. The van der Waals surface area contributed by atoms with E-state index < -0.39 is 5.97 Å². The number of nitrogens with one attached hydrogen (secondary N) is 1. The smallest absolute Gasteiger partial charge is 0.316 e. The summed E-state index contributed by atoms with van der Waals surface area (Å²) in [5.74, 6) is -0.811. The van der Waals surface area contributed by atoms with Crippen LogP contribution in [0.2, 0.25) is 0 Å². The molecule has 2 rings (SSSR count). The molecule has 8 heteroatoms. The number of thioether (sulfide) groups is 1. The Morgan fingerprint density at radius 1 is 1.50 bits per heavy atom. The van der Waals surface area contributed by atoms with Gasteiger partial charge in [-0.2, -0.15) is 6.41 Å². The van der Waals surface area contributed by atoms with Crippen LogP contribution in [0, 0.1) is 0 Å². The monoisotopic (exact) mass is 518 g/mol. The van der Waals surface area contributed by atoms with Gasteiger partial charge in [-0.25, -0.2) is 0 Å². The maximum Gasteiger partial charge on any atom is 0.316 e. The second kappa shape index (κ2) is 8.32. The Labute approximate surface area is 105 Å². The zero-order valence-corrected chi connectivity index (χ0v) is 13.2. The van der Waals surface area contributed by atoms with Gasteiger partial charge < -0.3 is 24.9 Å². The Hall–Kier alpha value is -1.79. The van der Waals surface area contributed by atoms with Gasteiger partial charge in [-0.1, -0.05) is 0 Å². The Morgan fingerprint density at radius 2 is 2.06 bits per heavy atom. The number of nitrogens with zero attached hydrogens (tertiary/aromatic N) is 1. The first-order valence-electron chi connectivity index (χ1n) is 5.40. The van der Waals surface area contributed by atoms with E-state index in [0.29, 0.717) is 6.42 Å². The minimum atomic E-state index is -0.811. The van der Waals surface area contributed by atoms with Crippen LogP contribution in [0.3, 0.4) is 0 Å². The molecule has 0 bridgehead atoms. The molecule has 0 spiro atoms. The molecule has 6 nitrogen and oxygen atoms in total. The molecular formula is C10H17FmN2O4S-. The molecule has 0 aromatic carbocycles. The van der Waals surface area contributed by atoms with Crippen molar-refractivity contribution in [1.82, 2.24) is 10.2 Å². The summed E-state index contributed by atoms with van der Waals surface area (Å²) in [7, 11) is 2.11. The number of hydrogen-bond donors (Lipinski definition) is 2. The van der Waals surface area contributed by atoms with Gasteiger partial charge in [0.05, 0.1) is 13.2 Å². The van der Waals surface area contributed by atoms with E-state index in [1.54, 1.807) is 0 Å². The largest absolute Gasteiger partial charge is 0.520 e. The maximum absolute atomic E-state index is 10.2. The van der Waals surface area contributed by atoms with Gasteiger partial charge in [0.25, 0.3) is 0 Å². The molecule has 2 atom stereocenters. The number of rotatable bonds is 3. The number of morpholine rings is 1. The van der Waals surface area contributed by atoms with Crippen molar-refractivity contribution in [2.45, 2.75) is 17.0 Å². The van der Waals surface area contributed by atoms with Crippen molar-refractivity contribution in [3.8, 4) is 0 Å². The van der Waals surface area contributed by atoms with Crippen molar-refractivity contribution >= 4 is 24.1 Å². The van der Waals surface area contributed by atoms with Gasteiger partial charge in [0.2, 0.25) is 0 Å². The molecule has 0 aromatic heterocycles. The van der Waals surface area contributed by atoms with Crippen LogP contribution in [0.4, 0.5) is 0 Å². The molecule has 0 aromatic rings. The average Bonchev–Trinajstić information content (AvgIpc) is 2.24. The van der Waals surface area contributed by atoms with Gasteiger partial charge in [-0.05, 0) is 13.5 Å². The third kappa shape index (κ3) is 5.51. The summed E-state index contributed by atoms with van der Waals surface area (Å²) < 4.78 is 5.10. The summed E-state index contributed by atoms with van der Waals surface area (Å²) in [6.07, 6.45) is 2.02. The fourth-order valence-electron chi connectivity index (χ4n) is 1.35. The summed E-state index contributed by atoms with van der Waals surface area (Å²) in [5.41, 5.74) is 0. The maximum atomic E-state index is 10.2. The van der Waals surface area contributed by atoms with Crippen LogP contribution in [0.1, 0.15) is 6.42 Å². The molecule has 2 unspecified atom stereocenters. The third-order valence-corrected chi connectivity index (χ3v) is 3.85. The Kier molecular flexibility index (Phi) is 7.50. The zero-order valence-electron chi connectivity index (χ0n) is 10.0. The van der Waals surface area contributed by atoms with Gasteiger partial charge in [-0.3, -0.25) is 4.79 Å². The first-order chi connectivity index (χ1) is 8.13. The molecule has 1 amide bonds. The number of hydrogen-bond acceptors (Lipinski definition) is 5. The van der Waals surface area contributed by atoms with Crippen molar-refractivity contribution < 1.29 is 19.4 Å². The van der Waals surface area contributed by atoms with E-state index in [1.165, 1.54) is 18.2 Å². The summed E-state index contributed by atoms with van der Waals surface area (Å²) in [6, 6.07) is 0. The summed E-state index contributed by atoms with van der Waals surface area (Å²) >= 11 is 1.23. The molecule has 0 radical (unpaired) electrons. The molecule has 18 heavy (non-hydrogen) atoms. The third-order valence-electron chi connectivity index (χ3n) is 2.49. The number of ether oxygens (including phenoxy) is 1. The molecule has 2 aliphatic rings. The van der Waals surface area contributed by atoms with Crippen LogP contribution in [0.5, 0.6) is 0 Å². The first-order valence-corrected chi connectivity index (χ1v) is 6.35. The van der Waals surface area contributed by atoms with E-state index in [0.717, 1.165) is 26.3 Å². The normalized spacial score (nSPS) is 26.7. The minimum Gasteiger partial charge on any atom is -0.520 e. The van der Waals surface area contributed by atoms with E-state index >= 15 is 0 Å². The van der Waals surface area contributed by atoms with Crippen LogP contribution in [-0.4, -0.2) is 66.4 Å². The minimum absolute atomic E-state index is 0. The van der Waals surface area contributed by atoms with Crippen LogP contribution >= 0.6 is 11.8 Å². The van der Waals surface area contributed by atoms with E-state index in [-0.39, 0.29) is 10.6 Å². The Morgan fingerprint density at radius 3 is 2.39 bits per heavy atom. The molecule has 2 heterocycles. The van der Waals surface area contributed by atoms with Crippen molar-refractivity contribution in [3.05, 3.63) is 0 Å². The van der Waals surface area contributed by atoms with Crippen LogP contribution < -0.4 is 5.32 Å². The van der Waals surface area contributed by atoms with Crippen molar-refractivity contribution in [2.24, 2.45) is 0 Å². The first kappa shape index (κ1) is 16.2. The second-order valence-corrected chi connectivity index (χ2v) is 5.26. The Bertz CT molecular complexity index is 258. The second-order valence-electron chi connectivity index (χ2n) is 3.85. The molecule has 2 saturated heterocycles. The standard InChI is InChI=1S/C5H6NO3S.C5H11NO.Fm/c7-2-6-4-1-3(10-4)5(8)9;1-6-2-4-7-5-3-6;/h3-4H,1H2,(H,6,7)(H,8,9);2-5H2,1H3;/q-1;;. The van der Waals surface area contributed by atoms with Crippen LogP contribution in [0.25, 0.3) is 0 Å². The van der Waals surface area contributed by atoms with Gasteiger partial charge in [-0.15, -0.1) is 11.8 Å². The number of carboxylic acid groups (broad SMARTS) is 1. The number of likely N-dealkylation sites (N-methyl/N-ethyl adjacent to an activating group) is 1. The van der Waals surface area contributed by atoms with Crippen LogP contribution in [0.15, 0.2) is 0 Å². The molecule has 2 fully saturated rings. The fraction of sp³-hybridized carbons (Fsp3) is 0.800. The fourth-order valence-corrected chi connectivity index (χ4v) is 2.23. The van der Waals surface area contributed by atoms with Crippen molar-refractivity contribution in [3.63, 3.8) is 0 Å². The summed E-state index contributed by atoms with van der Waals surface area (Å²) in [6.45, 7) is 4.02. The molecule has 2 aliphatic heterocycles. The number of aliphatic carboxylic acids is 1. The predicted octanol–water partition coefficient (Wildman–Crippen LogP) is -0.492.